The van der Waals surface area contributed by atoms with Crippen LogP contribution in [0, 0.1) is 5.41 Å². The summed E-state index contributed by atoms with van der Waals surface area (Å²) in [7, 11) is -4.05. The number of sulfonamides is 1. The first-order chi connectivity index (χ1) is 32.9. The van der Waals surface area contributed by atoms with Crippen LogP contribution in [0.25, 0.3) is 0 Å². The molecule has 23 nitrogen and oxygen atoms in total. The van der Waals surface area contributed by atoms with Crippen molar-refractivity contribution in [2.45, 2.75) is 43.6 Å². The first-order valence-corrected chi connectivity index (χ1v) is 24.1. The number of carbonyl (C=O) groups is 4. The molecule has 68 heavy (non-hydrogen) atoms. The van der Waals surface area contributed by atoms with E-state index in [4.69, 9.17) is 54.8 Å². The fourth-order valence-corrected chi connectivity index (χ4v) is 7.02. The van der Waals surface area contributed by atoms with Crippen molar-refractivity contribution in [1.29, 1.82) is 5.41 Å². The molecule has 2 aromatic rings. The van der Waals surface area contributed by atoms with E-state index in [2.05, 4.69) is 26.0 Å². The van der Waals surface area contributed by atoms with E-state index in [1.165, 1.54) is 0 Å². The molecule has 0 saturated carbocycles. The van der Waals surface area contributed by atoms with Crippen LogP contribution in [-0.2, 0) is 79.4 Å². The summed E-state index contributed by atoms with van der Waals surface area (Å²) >= 11 is 0. The Morgan fingerprint density at radius 2 is 1.09 bits per heavy atom. The van der Waals surface area contributed by atoms with Crippen molar-refractivity contribution in [1.82, 2.24) is 26.0 Å². The zero-order valence-corrected chi connectivity index (χ0v) is 39.6. The Morgan fingerprint density at radius 1 is 0.588 bits per heavy atom. The molecule has 0 unspecified atom stereocenters. The highest BCUT2D eigenvalue weighted by Crippen LogP contribution is 2.08. The maximum Gasteiger partial charge on any atom is 0.246 e. The van der Waals surface area contributed by atoms with E-state index in [0.717, 1.165) is 0 Å². The van der Waals surface area contributed by atoms with Gasteiger partial charge in [0.25, 0.3) is 0 Å². The number of unbranched alkanes of at least 4 members (excludes halogenated alkanes) is 1. The highest BCUT2D eigenvalue weighted by molar-refractivity contribution is 7.88. The predicted molar refractivity (Wildman–Crippen MR) is 250 cm³/mol. The monoisotopic (exact) mass is 984 g/mol. The summed E-state index contributed by atoms with van der Waals surface area (Å²) in [5.74, 6) is -2.90. The summed E-state index contributed by atoms with van der Waals surface area (Å²) in [4.78, 5) is 50.9. The molecule has 2 aromatic carbocycles. The smallest absolute Gasteiger partial charge is 0.246 e. The molecule has 0 saturated heterocycles. The van der Waals surface area contributed by atoms with Gasteiger partial charge in [0, 0.05) is 31.7 Å². The highest BCUT2D eigenvalue weighted by Gasteiger charge is 2.28. The van der Waals surface area contributed by atoms with Crippen LogP contribution in [-0.4, -0.2) is 187 Å². The number of aliphatic hydroxyl groups is 1. The van der Waals surface area contributed by atoms with Crippen LogP contribution in [0.1, 0.15) is 36.0 Å². The number of hydrogen-bond acceptors (Lipinski definition) is 17. The molecular formula is C44H72N8O15S. The number of nitrogen functional groups attached to an aromatic ring is 1. The Labute approximate surface area is 398 Å². The number of rotatable bonds is 43. The quantitative estimate of drug-likeness (QED) is 0.0198. The van der Waals surface area contributed by atoms with Gasteiger partial charge < -0.3 is 75.7 Å². The van der Waals surface area contributed by atoms with Crippen LogP contribution >= 0.6 is 0 Å². The fraction of sp³-hybridized carbons (Fsp3) is 0.614. The third-order valence-electron chi connectivity index (χ3n) is 9.16. The summed E-state index contributed by atoms with van der Waals surface area (Å²) < 4.78 is 70.8. The number of carbonyl (C=O) groups excluding carboxylic acids is 4. The molecule has 11 N–H and O–H groups in total. The lowest BCUT2D eigenvalue weighted by Crippen LogP contribution is -2.55. The van der Waals surface area contributed by atoms with Crippen molar-refractivity contribution >= 4 is 39.5 Å². The molecule has 0 aromatic heterocycles. The van der Waals surface area contributed by atoms with Crippen LogP contribution in [0.3, 0.4) is 0 Å². The molecular weight excluding hydrogens is 913 g/mol. The van der Waals surface area contributed by atoms with Crippen LogP contribution < -0.4 is 37.5 Å². The number of amides is 4. The van der Waals surface area contributed by atoms with Gasteiger partial charge in [0.1, 0.15) is 31.1 Å². The van der Waals surface area contributed by atoms with Gasteiger partial charge in [-0.05, 0) is 30.4 Å². The maximum atomic E-state index is 13.3. The average Bonchev–Trinajstić information content (AvgIpc) is 3.32. The lowest BCUT2D eigenvalue weighted by molar-refractivity contribution is -0.131. The number of amidine groups is 1. The molecule has 0 aliphatic rings. The second-order valence-electron chi connectivity index (χ2n) is 14.8. The van der Waals surface area contributed by atoms with Crippen LogP contribution in [0.15, 0.2) is 54.6 Å². The number of nitrogens with one attached hydrogen (secondary N) is 6. The SMILES string of the molecule is N=C(N)c1ccc(CNC(=O)[C@H](CCCCNC(=O)COCC(=O)NCCOCCOCCOCCOCCOCCOCCOCCN)NC(=O)[C@H](CO)NS(=O)(=O)Cc2ccccc2)cc1. The molecule has 4 amide bonds. The Bertz CT molecular complexity index is 1800. The topological polar surface area (TPSA) is 333 Å². The zero-order valence-electron chi connectivity index (χ0n) is 38.8. The molecule has 24 heteroatoms. The lowest BCUT2D eigenvalue weighted by atomic mass is 10.1. The van der Waals surface area contributed by atoms with Gasteiger partial charge in [-0.1, -0.05) is 54.6 Å². The number of nitrogens with two attached hydrogens (primary N) is 2. The molecule has 0 spiro atoms. The molecule has 384 valence electrons. The van der Waals surface area contributed by atoms with Gasteiger partial charge in [-0.2, -0.15) is 0 Å². The van der Waals surface area contributed by atoms with Crippen molar-refractivity contribution in [2.24, 2.45) is 11.5 Å². The van der Waals surface area contributed by atoms with Crippen molar-refractivity contribution < 1.29 is 70.6 Å². The van der Waals surface area contributed by atoms with Crippen molar-refractivity contribution in [3.05, 3.63) is 71.3 Å². The second-order valence-corrected chi connectivity index (χ2v) is 16.5. The standard InChI is InChI=1S/C44H72N8O15S/c45-13-16-60-18-20-62-22-24-64-26-28-66-29-27-65-25-23-63-21-19-61-17-15-49-41(55)33-67-32-40(54)48-14-5-4-8-38(43(56)50-30-35-9-11-37(12-10-35)42(46)47)51-44(57)39(31-53)52-68(58,59)34-36-6-2-1-3-7-36/h1-3,6-7,9-12,38-39,52-53H,4-5,8,13-34,45H2,(H3,46,47)(H,48,54)(H,49,55)(H,50,56)(H,51,57)/t38-,39-/m0/s1. The molecule has 2 rings (SSSR count). The largest absolute Gasteiger partial charge is 0.394 e. The molecule has 0 heterocycles. The van der Waals surface area contributed by atoms with Gasteiger partial charge in [-0.3, -0.25) is 24.6 Å². The Balaban J connectivity index is 1.56. The number of hydrogen-bond donors (Lipinski definition) is 9. The first kappa shape index (κ1) is 59.4. The van der Waals surface area contributed by atoms with Gasteiger partial charge in [0.05, 0.1) is 105 Å². The van der Waals surface area contributed by atoms with Crippen molar-refractivity contribution in [3.63, 3.8) is 0 Å². The average molecular weight is 985 g/mol. The molecule has 0 bridgehead atoms. The van der Waals surface area contributed by atoms with Crippen LogP contribution in [0.4, 0.5) is 0 Å². The zero-order chi connectivity index (χ0) is 49.5. The number of aliphatic hydroxyl groups excluding tert-OH is 1. The summed E-state index contributed by atoms with van der Waals surface area (Å²) in [5.41, 5.74) is 12.5. The van der Waals surface area contributed by atoms with Gasteiger partial charge in [-0.25, -0.2) is 13.1 Å². The van der Waals surface area contributed by atoms with Gasteiger partial charge in [0.15, 0.2) is 0 Å². The van der Waals surface area contributed by atoms with Gasteiger partial charge >= 0.3 is 0 Å². The van der Waals surface area contributed by atoms with E-state index in [-0.39, 0.29) is 51.7 Å². The molecule has 0 aliphatic heterocycles. The molecule has 0 radical (unpaired) electrons. The minimum Gasteiger partial charge on any atom is -0.394 e. The summed E-state index contributed by atoms with van der Waals surface area (Å²) in [6, 6.07) is 12.2. The Kier molecular flexibility index (Phi) is 33.4. The van der Waals surface area contributed by atoms with E-state index < -0.39 is 58.1 Å². The Morgan fingerprint density at radius 3 is 1.59 bits per heavy atom. The minimum absolute atomic E-state index is 0.0776. The first-order valence-electron chi connectivity index (χ1n) is 22.5. The maximum absolute atomic E-state index is 13.3. The molecule has 0 fully saturated rings. The molecule has 2 atom stereocenters. The van der Waals surface area contributed by atoms with E-state index in [1.807, 2.05) is 0 Å². The second kappa shape index (κ2) is 38.2. The van der Waals surface area contributed by atoms with Gasteiger partial charge in [-0.15, -0.1) is 0 Å². The third kappa shape index (κ3) is 30.6. The minimum atomic E-state index is -4.05. The van der Waals surface area contributed by atoms with Crippen molar-refractivity contribution in [3.8, 4) is 0 Å². The summed E-state index contributed by atoms with van der Waals surface area (Å²) in [5, 5.41) is 28.1. The number of ether oxygens (including phenoxy) is 8. The summed E-state index contributed by atoms with van der Waals surface area (Å²) in [6.45, 7) is 5.47. The third-order valence-corrected chi connectivity index (χ3v) is 10.5. The molecule has 0 aliphatic carbocycles. The fourth-order valence-electron chi connectivity index (χ4n) is 5.69. The van der Waals surface area contributed by atoms with Gasteiger partial charge in [0.2, 0.25) is 33.7 Å². The van der Waals surface area contributed by atoms with Crippen molar-refractivity contribution in [2.75, 3.05) is 132 Å². The highest BCUT2D eigenvalue weighted by atomic mass is 32.2. The Hall–Kier alpha value is -4.70. The van der Waals surface area contributed by atoms with E-state index in [0.29, 0.717) is 122 Å². The van der Waals surface area contributed by atoms with E-state index >= 15 is 0 Å². The normalized spacial score (nSPS) is 12.3. The number of benzene rings is 2. The van der Waals surface area contributed by atoms with Crippen LogP contribution in [0.5, 0.6) is 0 Å². The summed E-state index contributed by atoms with van der Waals surface area (Å²) in [6.07, 6.45) is 0.846. The predicted octanol–water partition coefficient (Wildman–Crippen LogP) is -1.95. The van der Waals surface area contributed by atoms with E-state index in [9.17, 15) is 32.7 Å². The van der Waals surface area contributed by atoms with E-state index in [1.54, 1.807) is 54.6 Å². The van der Waals surface area contributed by atoms with Crippen LogP contribution in [0.2, 0.25) is 0 Å². The lowest BCUT2D eigenvalue weighted by Gasteiger charge is -2.22.